The van der Waals surface area contributed by atoms with Crippen LogP contribution in [-0.4, -0.2) is 27.8 Å². The van der Waals surface area contributed by atoms with Gasteiger partial charge in [-0.2, -0.15) is 0 Å². The topological polar surface area (TPSA) is 92.1 Å². The second-order valence-electron chi connectivity index (χ2n) is 8.44. The zero-order valence-corrected chi connectivity index (χ0v) is 20.6. The molecule has 0 atom stereocenters. The SMILES string of the molecule is O=C(O)c1ccc2nc(N3C(=O)C(=Cc4cccc(Oc5ccccc5)c4)N=C3c3ccccc3)sc2c1. The molecule has 0 aliphatic carbocycles. The largest absolute Gasteiger partial charge is 0.478 e. The standard InChI is InChI=1S/C30H19N3O4S/c34-28-25(17-19-8-7-13-23(16-19)37-22-11-5-2-6-12-22)31-27(20-9-3-1-4-10-20)33(28)30-32-24-15-14-21(29(35)36)18-26(24)38-30/h1-18H,(H,35,36). The minimum atomic E-state index is -1.02. The van der Waals surface area contributed by atoms with Gasteiger partial charge < -0.3 is 9.84 Å². The van der Waals surface area contributed by atoms with Gasteiger partial charge in [-0.3, -0.25) is 4.79 Å². The maximum Gasteiger partial charge on any atom is 0.335 e. The first kappa shape index (κ1) is 23.3. The molecule has 184 valence electrons. The fourth-order valence-electron chi connectivity index (χ4n) is 4.07. The molecule has 1 aliphatic rings. The first-order valence-corrected chi connectivity index (χ1v) is 12.5. The molecule has 1 N–H and O–H groups in total. The molecule has 0 radical (unpaired) electrons. The highest BCUT2D eigenvalue weighted by atomic mass is 32.1. The van der Waals surface area contributed by atoms with E-state index in [1.807, 2.05) is 84.9 Å². The smallest absolute Gasteiger partial charge is 0.335 e. The summed E-state index contributed by atoms with van der Waals surface area (Å²) < 4.78 is 6.61. The summed E-state index contributed by atoms with van der Waals surface area (Å²) in [6.07, 6.45) is 1.72. The van der Waals surface area contributed by atoms with Gasteiger partial charge in [0.1, 0.15) is 23.0 Å². The van der Waals surface area contributed by atoms with E-state index in [2.05, 4.69) is 4.98 Å². The lowest BCUT2D eigenvalue weighted by Gasteiger charge is -2.14. The number of aromatic nitrogens is 1. The normalized spacial score (nSPS) is 14.2. The number of benzene rings is 4. The van der Waals surface area contributed by atoms with Gasteiger partial charge in [0.05, 0.1) is 15.8 Å². The van der Waals surface area contributed by atoms with Crippen molar-refractivity contribution in [3.05, 3.63) is 126 Å². The summed E-state index contributed by atoms with van der Waals surface area (Å²) >= 11 is 1.24. The zero-order valence-electron chi connectivity index (χ0n) is 19.8. The Balaban J connectivity index is 1.39. The monoisotopic (exact) mass is 517 g/mol. The summed E-state index contributed by atoms with van der Waals surface area (Å²) in [5, 5.41) is 9.77. The average Bonchev–Trinajstić information content (AvgIpc) is 3.50. The predicted molar refractivity (Wildman–Crippen MR) is 148 cm³/mol. The predicted octanol–water partition coefficient (Wildman–Crippen LogP) is 6.62. The average molecular weight is 518 g/mol. The summed E-state index contributed by atoms with van der Waals surface area (Å²) in [5.41, 5.74) is 2.55. The van der Waals surface area contributed by atoms with Crippen LogP contribution in [0.15, 0.2) is 114 Å². The van der Waals surface area contributed by atoms with Crippen molar-refractivity contribution >= 4 is 50.5 Å². The van der Waals surface area contributed by atoms with Crippen molar-refractivity contribution in [2.24, 2.45) is 4.99 Å². The number of carbonyl (C=O) groups excluding carboxylic acids is 1. The molecule has 1 amide bonds. The second kappa shape index (κ2) is 9.76. The maximum absolute atomic E-state index is 13.7. The van der Waals surface area contributed by atoms with Crippen LogP contribution in [0.4, 0.5) is 5.13 Å². The van der Waals surface area contributed by atoms with E-state index in [-0.39, 0.29) is 17.2 Å². The van der Waals surface area contributed by atoms with E-state index in [1.165, 1.54) is 22.3 Å². The van der Waals surface area contributed by atoms with Gasteiger partial charge in [0.15, 0.2) is 5.13 Å². The van der Waals surface area contributed by atoms with E-state index in [4.69, 9.17) is 9.73 Å². The van der Waals surface area contributed by atoms with Crippen molar-refractivity contribution in [3.8, 4) is 11.5 Å². The molecular weight excluding hydrogens is 498 g/mol. The van der Waals surface area contributed by atoms with Crippen LogP contribution in [0, 0.1) is 0 Å². The Morgan fingerprint density at radius 3 is 2.37 bits per heavy atom. The number of anilines is 1. The molecule has 0 saturated carbocycles. The molecule has 8 heteroatoms. The number of thiazole rings is 1. The lowest BCUT2D eigenvalue weighted by atomic mass is 10.2. The van der Waals surface area contributed by atoms with Gasteiger partial charge in [0.25, 0.3) is 5.91 Å². The summed E-state index contributed by atoms with van der Waals surface area (Å²) in [6, 6.07) is 31.0. The number of carboxylic acids is 1. The number of ether oxygens (including phenoxy) is 1. The third-order valence-electron chi connectivity index (χ3n) is 5.85. The Bertz CT molecular complexity index is 1740. The number of aromatic carboxylic acids is 1. The van der Waals surface area contributed by atoms with Gasteiger partial charge in [-0.15, -0.1) is 0 Å². The molecule has 7 nitrogen and oxygen atoms in total. The number of aliphatic imine (C=N–C) groups is 1. The number of rotatable bonds is 6. The first-order valence-electron chi connectivity index (χ1n) is 11.7. The molecule has 2 heterocycles. The second-order valence-corrected chi connectivity index (χ2v) is 9.45. The minimum Gasteiger partial charge on any atom is -0.478 e. The van der Waals surface area contributed by atoms with E-state index in [0.717, 1.165) is 11.1 Å². The molecule has 0 spiro atoms. The number of carbonyl (C=O) groups is 2. The van der Waals surface area contributed by atoms with Gasteiger partial charge in [-0.1, -0.05) is 72.0 Å². The first-order chi connectivity index (χ1) is 18.5. The Morgan fingerprint density at radius 2 is 1.61 bits per heavy atom. The summed E-state index contributed by atoms with van der Waals surface area (Å²) in [6.45, 7) is 0. The van der Waals surface area contributed by atoms with Gasteiger partial charge >= 0.3 is 5.97 Å². The van der Waals surface area contributed by atoms with Crippen LogP contribution in [0.3, 0.4) is 0 Å². The van der Waals surface area contributed by atoms with E-state index in [1.54, 1.807) is 18.2 Å². The van der Waals surface area contributed by atoms with Gasteiger partial charge in [0.2, 0.25) is 0 Å². The highest BCUT2D eigenvalue weighted by Crippen LogP contribution is 2.35. The number of carboxylic acid groups (broad SMARTS) is 1. The van der Waals surface area contributed by atoms with E-state index in [9.17, 15) is 14.7 Å². The van der Waals surface area contributed by atoms with Crippen LogP contribution in [0.2, 0.25) is 0 Å². The van der Waals surface area contributed by atoms with Crippen molar-refractivity contribution in [1.82, 2.24) is 4.98 Å². The van der Waals surface area contributed by atoms with Crippen LogP contribution in [0.1, 0.15) is 21.5 Å². The number of para-hydroxylation sites is 1. The molecule has 0 unspecified atom stereocenters. The molecule has 1 aromatic heterocycles. The highest BCUT2D eigenvalue weighted by Gasteiger charge is 2.34. The number of amidine groups is 1. The van der Waals surface area contributed by atoms with E-state index >= 15 is 0 Å². The molecule has 6 rings (SSSR count). The molecule has 38 heavy (non-hydrogen) atoms. The van der Waals surface area contributed by atoms with Crippen LogP contribution in [0.5, 0.6) is 11.5 Å². The molecule has 0 saturated heterocycles. The number of hydrogen-bond acceptors (Lipinski definition) is 6. The van der Waals surface area contributed by atoms with Crippen LogP contribution < -0.4 is 9.64 Å². The molecule has 0 bridgehead atoms. The zero-order chi connectivity index (χ0) is 26.1. The van der Waals surface area contributed by atoms with Crippen molar-refractivity contribution in [2.45, 2.75) is 0 Å². The van der Waals surface area contributed by atoms with Gasteiger partial charge in [-0.05, 0) is 54.1 Å². The third kappa shape index (κ3) is 4.56. The van der Waals surface area contributed by atoms with Crippen molar-refractivity contribution in [2.75, 3.05) is 4.90 Å². The molecule has 1 aliphatic heterocycles. The lowest BCUT2D eigenvalue weighted by molar-refractivity contribution is -0.113. The fourth-order valence-corrected chi connectivity index (χ4v) is 5.07. The third-order valence-corrected chi connectivity index (χ3v) is 6.85. The number of hydrogen-bond donors (Lipinski definition) is 1. The Labute approximate surface area is 221 Å². The maximum atomic E-state index is 13.7. The summed E-state index contributed by atoms with van der Waals surface area (Å²) in [4.78, 5) is 35.9. The number of fused-ring (bicyclic) bond motifs is 1. The fraction of sp³-hybridized carbons (Fsp3) is 0. The Kier molecular flexibility index (Phi) is 5.99. The van der Waals surface area contributed by atoms with Crippen molar-refractivity contribution < 1.29 is 19.4 Å². The van der Waals surface area contributed by atoms with Crippen LogP contribution >= 0.6 is 11.3 Å². The van der Waals surface area contributed by atoms with Gasteiger partial charge in [0, 0.05) is 5.56 Å². The van der Waals surface area contributed by atoms with E-state index in [0.29, 0.717) is 32.7 Å². The van der Waals surface area contributed by atoms with Crippen LogP contribution in [-0.2, 0) is 4.79 Å². The Hall–Kier alpha value is -5.08. The molecule has 5 aromatic rings. The summed E-state index contributed by atoms with van der Waals surface area (Å²) in [5.74, 6) is 0.466. The van der Waals surface area contributed by atoms with Crippen molar-refractivity contribution in [3.63, 3.8) is 0 Å². The quantitative estimate of drug-likeness (QED) is 0.256. The summed E-state index contributed by atoms with van der Waals surface area (Å²) in [7, 11) is 0. The molecule has 4 aromatic carbocycles. The Morgan fingerprint density at radius 1 is 0.868 bits per heavy atom. The molecule has 0 fully saturated rings. The van der Waals surface area contributed by atoms with Gasteiger partial charge in [-0.25, -0.2) is 19.7 Å². The van der Waals surface area contributed by atoms with Crippen molar-refractivity contribution in [1.29, 1.82) is 0 Å². The lowest BCUT2D eigenvalue weighted by Crippen LogP contribution is -2.32. The number of nitrogens with zero attached hydrogens (tertiary/aromatic N) is 3. The number of amides is 1. The van der Waals surface area contributed by atoms with E-state index < -0.39 is 5.97 Å². The molecular formula is C30H19N3O4S. The highest BCUT2D eigenvalue weighted by molar-refractivity contribution is 7.22. The minimum absolute atomic E-state index is 0.163. The van der Waals surface area contributed by atoms with Crippen LogP contribution in [0.25, 0.3) is 16.3 Å².